The van der Waals surface area contributed by atoms with Gasteiger partial charge in [-0.15, -0.1) is 0 Å². The average molecular weight is 551 g/mol. The van der Waals surface area contributed by atoms with Crippen LogP contribution in [0.5, 0.6) is 0 Å². The summed E-state index contributed by atoms with van der Waals surface area (Å²) in [5.74, 6) is -0.822. The highest BCUT2D eigenvalue weighted by Gasteiger charge is 2.50. The van der Waals surface area contributed by atoms with Gasteiger partial charge in [-0.1, -0.05) is 58.1 Å². The molecule has 1 saturated carbocycles. The molecule has 7 heteroatoms. The third-order valence-electron chi connectivity index (χ3n) is 9.41. The number of allylic oxidation sites excluding steroid dienone is 1. The molecule has 224 valence electrons. The van der Waals surface area contributed by atoms with E-state index >= 15 is 0 Å². The van der Waals surface area contributed by atoms with Gasteiger partial charge in [-0.3, -0.25) is 0 Å². The van der Waals surface area contributed by atoms with E-state index in [0.717, 1.165) is 44.4 Å². The number of hydrogen-bond donors (Lipinski definition) is 1. The molecule has 1 aliphatic carbocycles. The molecule has 4 fully saturated rings. The minimum atomic E-state index is -1.78. The molecule has 39 heavy (non-hydrogen) atoms. The molecular weight excluding hydrogens is 496 g/mol. The standard InChI is InChI=1S/C32H54O7/c1-4-11-23(2)12-5-6-13-25-17-16-24(3)26(25)22-28-27(37-28)18-19-32(31(33)34,38-29-14-7-9-20-35-29)39-30-15-8-10-21-36-30/h23,25-30H,3-22H2,1-2H3,(H,33,34)/t23?,25-,26-,27?,28+,29?,30?,32?/m0/s1. The lowest BCUT2D eigenvalue weighted by molar-refractivity contribution is -0.352. The Hall–Kier alpha value is -0.990. The van der Waals surface area contributed by atoms with Crippen LogP contribution in [-0.2, 0) is 28.5 Å². The van der Waals surface area contributed by atoms with Crippen LogP contribution in [0.15, 0.2) is 12.2 Å². The molecule has 0 aromatic heterocycles. The van der Waals surface area contributed by atoms with Crippen LogP contribution in [0.2, 0.25) is 0 Å². The summed E-state index contributed by atoms with van der Waals surface area (Å²) in [4.78, 5) is 12.6. The van der Waals surface area contributed by atoms with E-state index in [1.807, 2.05) is 0 Å². The van der Waals surface area contributed by atoms with Crippen LogP contribution in [0.25, 0.3) is 0 Å². The Kier molecular flexibility index (Phi) is 12.1. The van der Waals surface area contributed by atoms with Gasteiger partial charge in [0.1, 0.15) is 0 Å². The Balaban J connectivity index is 1.28. The molecule has 4 rings (SSSR count). The lowest BCUT2D eigenvalue weighted by atomic mass is 9.84. The number of aliphatic carboxylic acids is 1. The third-order valence-corrected chi connectivity index (χ3v) is 9.41. The summed E-state index contributed by atoms with van der Waals surface area (Å²) in [5, 5.41) is 10.3. The van der Waals surface area contributed by atoms with Crippen molar-refractivity contribution < 1.29 is 33.6 Å². The highest BCUT2D eigenvalue weighted by atomic mass is 16.8. The van der Waals surface area contributed by atoms with Gasteiger partial charge in [0.05, 0.1) is 12.2 Å². The number of unbranched alkanes of at least 4 members (excludes halogenated alkanes) is 1. The number of hydrogen-bond acceptors (Lipinski definition) is 6. The van der Waals surface area contributed by atoms with Gasteiger partial charge in [0.2, 0.25) is 0 Å². The quantitative estimate of drug-likeness (QED) is 0.0875. The smallest absolute Gasteiger partial charge is 0.364 e. The Bertz CT molecular complexity index is 738. The highest BCUT2D eigenvalue weighted by Crippen LogP contribution is 2.46. The third kappa shape index (κ3) is 9.26. The van der Waals surface area contributed by atoms with Crippen molar-refractivity contribution in [3.63, 3.8) is 0 Å². The van der Waals surface area contributed by atoms with E-state index in [9.17, 15) is 9.90 Å². The maximum absolute atomic E-state index is 12.6. The lowest BCUT2D eigenvalue weighted by Crippen LogP contribution is -2.51. The predicted molar refractivity (Wildman–Crippen MR) is 150 cm³/mol. The molecule has 0 radical (unpaired) electrons. The van der Waals surface area contributed by atoms with Gasteiger partial charge in [-0.2, -0.15) is 0 Å². The van der Waals surface area contributed by atoms with Crippen molar-refractivity contribution in [3.05, 3.63) is 12.2 Å². The van der Waals surface area contributed by atoms with Crippen LogP contribution in [-0.4, -0.2) is 54.9 Å². The minimum Gasteiger partial charge on any atom is -0.477 e. The van der Waals surface area contributed by atoms with Crippen molar-refractivity contribution in [2.45, 2.75) is 154 Å². The number of epoxide rings is 1. The molecule has 0 aromatic carbocycles. The summed E-state index contributed by atoms with van der Waals surface area (Å²) in [6.45, 7) is 10.2. The number of carboxylic acid groups (broad SMARTS) is 1. The van der Waals surface area contributed by atoms with Gasteiger partial charge in [0, 0.05) is 19.6 Å². The van der Waals surface area contributed by atoms with Crippen LogP contribution in [0, 0.1) is 17.8 Å². The maximum atomic E-state index is 12.6. The SMILES string of the molecule is C=C1CC[C@H](CCCCC(C)CCC)[C@H]1C[C@H]1OC1CCC(OC1CCCCO1)(OC1CCCCO1)C(=O)O. The Morgan fingerprint density at radius 1 is 1.00 bits per heavy atom. The number of carboxylic acids is 1. The predicted octanol–water partition coefficient (Wildman–Crippen LogP) is 7.37. The summed E-state index contributed by atoms with van der Waals surface area (Å²) in [5.41, 5.74) is 1.38. The molecule has 4 aliphatic rings. The molecule has 0 amide bonds. The monoisotopic (exact) mass is 550 g/mol. The fraction of sp³-hybridized carbons (Fsp3) is 0.906. The zero-order valence-corrected chi connectivity index (χ0v) is 24.6. The van der Waals surface area contributed by atoms with Gasteiger partial charge in [0.25, 0.3) is 5.79 Å². The molecule has 3 saturated heterocycles. The summed E-state index contributed by atoms with van der Waals surface area (Å²) >= 11 is 0. The van der Waals surface area contributed by atoms with E-state index < -0.39 is 24.3 Å². The van der Waals surface area contributed by atoms with Crippen LogP contribution in [0.4, 0.5) is 0 Å². The zero-order valence-electron chi connectivity index (χ0n) is 24.6. The van der Waals surface area contributed by atoms with Crippen molar-refractivity contribution in [3.8, 4) is 0 Å². The van der Waals surface area contributed by atoms with E-state index in [0.29, 0.717) is 44.3 Å². The van der Waals surface area contributed by atoms with E-state index in [4.69, 9.17) is 23.7 Å². The lowest BCUT2D eigenvalue weighted by Gasteiger charge is -2.37. The molecule has 0 bridgehead atoms. The molecule has 0 spiro atoms. The first-order chi connectivity index (χ1) is 18.9. The number of carbonyl (C=O) groups is 1. The van der Waals surface area contributed by atoms with Gasteiger partial charge in [0.15, 0.2) is 12.6 Å². The van der Waals surface area contributed by atoms with Gasteiger partial charge in [-0.25, -0.2) is 4.79 Å². The topological polar surface area (TPSA) is 86.8 Å². The van der Waals surface area contributed by atoms with E-state index in [2.05, 4.69) is 20.4 Å². The Morgan fingerprint density at radius 2 is 1.69 bits per heavy atom. The summed E-state index contributed by atoms with van der Waals surface area (Å²) in [6, 6.07) is 0. The second kappa shape index (κ2) is 15.3. The van der Waals surface area contributed by atoms with Gasteiger partial charge >= 0.3 is 5.97 Å². The maximum Gasteiger partial charge on any atom is 0.364 e. The highest BCUT2D eigenvalue weighted by molar-refractivity contribution is 5.75. The van der Waals surface area contributed by atoms with Crippen LogP contribution >= 0.6 is 0 Å². The summed E-state index contributed by atoms with van der Waals surface area (Å²) < 4.78 is 29.8. The minimum absolute atomic E-state index is 0.0411. The molecule has 7 atom stereocenters. The molecule has 1 N–H and O–H groups in total. The van der Waals surface area contributed by atoms with E-state index in [-0.39, 0.29) is 18.6 Å². The van der Waals surface area contributed by atoms with Gasteiger partial charge < -0.3 is 28.8 Å². The largest absolute Gasteiger partial charge is 0.477 e. The van der Waals surface area contributed by atoms with E-state index in [1.54, 1.807) is 0 Å². The van der Waals surface area contributed by atoms with Crippen molar-refractivity contribution in [2.75, 3.05) is 13.2 Å². The molecule has 0 aromatic rings. The van der Waals surface area contributed by atoms with Crippen LogP contribution in [0.1, 0.15) is 123 Å². The zero-order chi connectivity index (χ0) is 27.7. The second-order valence-corrected chi connectivity index (χ2v) is 12.6. The van der Waals surface area contributed by atoms with Crippen molar-refractivity contribution >= 4 is 5.97 Å². The second-order valence-electron chi connectivity index (χ2n) is 12.6. The van der Waals surface area contributed by atoms with Crippen molar-refractivity contribution in [1.82, 2.24) is 0 Å². The number of rotatable bonds is 17. The normalized spacial score (nSPS) is 33.5. The first kappa shape index (κ1) is 31.0. The Labute approximate surface area is 236 Å². The van der Waals surface area contributed by atoms with E-state index in [1.165, 1.54) is 50.5 Å². The van der Waals surface area contributed by atoms with Crippen molar-refractivity contribution in [1.29, 1.82) is 0 Å². The average Bonchev–Trinajstić information content (AvgIpc) is 3.60. The Morgan fingerprint density at radius 3 is 2.28 bits per heavy atom. The molecule has 3 heterocycles. The first-order valence-electron chi connectivity index (χ1n) is 16.1. The molecule has 7 nitrogen and oxygen atoms in total. The summed E-state index contributed by atoms with van der Waals surface area (Å²) in [7, 11) is 0. The van der Waals surface area contributed by atoms with Crippen LogP contribution in [0.3, 0.4) is 0 Å². The van der Waals surface area contributed by atoms with Crippen molar-refractivity contribution in [2.24, 2.45) is 17.8 Å². The molecule has 3 aliphatic heterocycles. The summed E-state index contributed by atoms with van der Waals surface area (Å²) in [6.07, 6.45) is 16.3. The number of ether oxygens (including phenoxy) is 5. The fourth-order valence-corrected chi connectivity index (χ4v) is 6.94. The molecule has 4 unspecified atom stereocenters. The fourth-order valence-electron chi connectivity index (χ4n) is 6.94. The first-order valence-corrected chi connectivity index (χ1v) is 16.1. The van der Waals surface area contributed by atoms with Crippen LogP contribution < -0.4 is 0 Å². The molecular formula is C32H54O7. The van der Waals surface area contributed by atoms with Gasteiger partial charge in [-0.05, 0) is 88.4 Å².